The molecule has 0 saturated carbocycles. The van der Waals surface area contributed by atoms with Gasteiger partial charge in [-0.15, -0.1) is 0 Å². The first-order valence-electron chi connectivity index (χ1n) is 5.01. The summed E-state index contributed by atoms with van der Waals surface area (Å²) in [7, 11) is -3.30. The van der Waals surface area contributed by atoms with Gasteiger partial charge in [-0.05, 0) is 12.5 Å². The molecule has 0 bridgehead atoms. The maximum atomic E-state index is 11.6. The summed E-state index contributed by atoms with van der Waals surface area (Å²) in [5, 5.41) is 10.7. The zero-order chi connectivity index (χ0) is 13.1. The molecule has 7 heteroatoms. The highest BCUT2D eigenvalue weighted by molar-refractivity contribution is 7.90. The maximum absolute atomic E-state index is 11.6. The summed E-state index contributed by atoms with van der Waals surface area (Å²) in [5.74, 6) is -0.327. The SMILES string of the molecule is Cc1c(CS(=O)(=O)CCN)cccc1[N+](=O)[O-]. The number of hydrogen-bond acceptors (Lipinski definition) is 5. The Kier molecular flexibility index (Phi) is 4.19. The van der Waals surface area contributed by atoms with Crippen LogP contribution in [0.3, 0.4) is 0 Å². The molecule has 1 aromatic rings. The first-order valence-corrected chi connectivity index (χ1v) is 6.83. The highest BCUT2D eigenvalue weighted by atomic mass is 32.2. The predicted octanol–water partition coefficient (Wildman–Crippen LogP) is 0.777. The summed E-state index contributed by atoms with van der Waals surface area (Å²) < 4.78 is 23.2. The molecule has 0 aliphatic heterocycles. The van der Waals surface area contributed by atoms with E-state index in [0.717, 1.165) is 0 Å². The lowest BCUT2D eigenvalue weighted by Crippen LogP contribution is -2.17. The van der Waals surface area contributed by atoms with Crippen LogP contribution in [0.5, 0.6) is 0 Å². The first kappa shape index (κ1) is 13.6. The third kappa shape index (κ3) is 3.50. The lowest BCUT2D eigenvalue weighted by Gasteiger charge is -2.06. The average Bonchev–Trinajstić information content (AvgIpc) is 2.20. The zero-order valence-electron chi connectivity index (χ0n) is 9.42. The minimum atomic E-state index is -3.30. The van der Waals surface area contributed by atoms with Gasteiger partial charge in [-0.25, -0.2) is 8.42 Å². The molecule has 0 fully saturated rings. The summed E-state index contributed by atoms with van der Waals surface area (Å²) in [6.07, 6.45) is 0. The number of nitrogens with two attached hydrogens (primary N) is 1. The van der Waals surface area contributed by atoms with Gasteiger partial charge in [0.25, 0.3) is 5.69 Å². The molecule has 1 rings (SSSR count). The quantitative estimate of drug-likeness (QED) is 0.620. The standard InChI is InChI=1S/C10H14N2O4S/c1-8-9(7-17(15,16)6-5-11)3-2-4-10(8)12(13)14/h2-4H,5-7,11H2,1H3. The summed E-state index contributed by atoms with van der Waals surface area (Å²) in [6.45, 7) is 1.60. The van der Waals surface area contributed by atoms with Crippen molar-refractivity contribution >= 4 is 15.5 Å². The van der Waals surface area contributed by atoms with Crippen LogP contribution in [0, 0.1) is 17.0 Å². The molecule has 0 aliphatic rings. The molecule has 0 aliphatic carbocycles. The van der Waals surface area contributed by atoms with Gasteiger partial charge < -0.3 is 5.73 Å². The number of sulfone groups is 1. The van der Waals surface area contributed by atoms with Crippen molar-refractivity contribution in [3.63, 3.8) is 0 Å². The maximum Gasteiger partial charge on any atom is 0.272 e. The van der Waals surface area contributed by atoms with E-state index in [0.29, 0.717) is 11.1 Å². The van der Waals surface area contributed by atoms with Crippen molar-refractivity contribution in [3.8, 4) is 0 Å². The Labute approximate surface area is 99.5 Å². The molecule has 0 spiro atoms. The average molecular weight is 258 g/mol. The number of benzene rings is 1. The van der Waals surface area contributed by atoms with E-state index in [1.807, 2.05) is 0 Å². The Morgan fingerprint density at radius 3 is 2.59 bits per heavy atom. The van der Waals surface area contributed by atoms with Crippen LogP contribution in [0.2, 0.25) is 0 Å². The minimum absolute atomic E-state index is 0.0519. The molecule has 0 amide bonds. The monoisotopic (exact) mass is 258 g/mol. The highest BCUT2D eigenvalue weighted by Crippen LogP contribution is 2.22. The topological polar surface area (TPSA) is 103 Å². The molecule has 0 aromatic heterocycles. The van der Waals surface area contributed by atoms with Crippen molar-refractivity contribution in [1.82, 2.24) is 0 Å². The van der Waals surface area contributed by atoms with Gasteiger partial charge in [-0.2, -0.15) is 0 Å². The van der Waals surface area contributed by atoms with Crippen molar-refractivity contribution in [3.05, 3.63) is 39.4 Å². The van der Waals surface area contributed by atoms with Gasteiger partial charge in [-0.3, -0.25) is 10.1 Å². The third-order valence-corrected chi connectivity index (χ3v) is 4.03. The van der Waals surface area contributed by atoms with Crippen LogP contribution in [0.4, 0.5) is 5.69 Å². The second-order valence-corrected chi connectivity index (χ2v) is 5.88. The number of rotatable bonds is 5. The van der Waals surface area contributed by atoms with Crippen LogP contribution in [0.15, 0.2) is 18.2 Å². The second-order valence-electron chi connectivity index (χ2n) is 3.70. The highest BCUT2D eigenvalue weighted by Gasteiger charge is 2.17. The molecule has 0 saturated heterocycles. The van der Waals surface area contributed by atoms with Gasteiger partial charge in [0.15, 0.2) is 9.84 Å². The Balaban J connectivity index is 3.09. The molecule has 0 heterocycles. The van der Waals surface area contributed by atoms with E-state index >= 15 is 0 Å². The fraction of sp³-hybridized carbons (Fsp3) is 0.400. The van der Waals surface area contributed by atoms with Gasteiger partial charge in [0, 0.05) is 18.2 Å². The Bertz CT molecular complexity index is 525. The molecule has 17 heavy (non-hydrogen) atoms. The fourth-order valence-electron chi connectivity index (χ4n) is 1.51. The molecular formula is C10H14N2O4S. The van der Waals surface area contributed by atoms with Crippen LogP contribution in [0.1, 0.15) is 11.1 Å². The third-order valence-electron chi connectivity index (χ3n) is 2.42. The van der Waals surface area contributed by atoms with Gasteiger partial charge in [0.1, 0.15) is 0 Å². The van der Waals surface area contributed by atoms with E-state index in [4.69, 9.17) is 5.73 Å². The first-order chi connectivity index (χ1) is 7.87. The molecular weight excluding hydrogens is 244 g/mol. The molecule has 0 atom stereocenters. The minimum Gasteiger partial charge on any atom is -0.329 e. The van der Waals surface area contributed by atoms with Crippen molar-refractivity contribution in [2.24, 2.45) is 5.73 Å². The lowest BCUT2D eigenvalue weighted by atomic mass is 10.1. The van der Waals surface area contributed by atoms with E-state index in [2.05, 4.69) is 0 Å². The number of nitrogens with zero attached hydrogens (tertiary/aromatic N) is 1. The van der Waals surface area contributed by atoms with Crippen molar-refractivity contribution in [2.75, 3.05) is 12.3 Å². The summed E-state index contributed by atoms with van der Waals surface area (Å²) in [4.78, 5) is 10.2. The predicted molar refractivity (Wildman–Crippen MR) is 64.4 cm³/mol. The van der Waals surface area contributed by atoms with E-state index in [-0.39, 0.29) is 23.7 Å². The van der Waals surface area contributed by atoms with E-state index in [1.54, 1.807) is 13.0 Å². The van der Waals surface area contributed by atoms with Gasteiger partial charge >= 0.3 is 0 Å². The van der Waals surface area contributed by atoms with Gasteiger partial charge in [0.2, 0.25) is 0 Å². The molecule has 0 unspecified atom stereocenters. The molecule has 1 aromatic carbocycles. The largest absolute Gasteiger partial charge is 0.329 e. The van der Waals surface area contributed by atoms with E-state index in [1.165, 1.54) is 12.1 Å². The Morgan fingerprint density at radius 2 is 2.06 bits per heavy atom. The van der Waals surface area contributed by atoms with E-state index in [9.17, 15) is 18.5 Å². The number of nitro benzene ring substituents is 1. The fourth-order valence-corrected chi connectivity index (χ4v) is 2.80. The zero-order valence-corrected chi connectivity index (χ0v) is 10.2. The number of hydrogen-bond donors (Lipinski definition) is 1. The van der Waals surface area contributed by atoms with Gasteiger partial charge in [-0.1, -0.05) is 12.1 Å². The Hall–Kier alpha value is -1.47. The van der Waals surface area contributed by atoms with Crippen LogP contribution in [0.25, 0.3) is 0 Å². The molecule has 2 N–H and O–H groups in total. The summed E-state index contributed by atoms with van der Waals surface area (Å²) in [5.41, 5.74) is 5.97. The number of nitro groups is 1. The molecule has 94 valence electrons. The summed E-state index contributed by atoms with van der Waals surface area (Å²) >= 11 is 0. The van der Waals surface area contributed by atoms with Crippen LogP contribution in [-0.2, 0) is 15.6 Å². The van der Waals surface area contributed by atoms with Crippen molar-refractivity contribution in [1.29, 1.82) is 0 Å². The summed E-state index contributed by atoms with van der Waals surface area (Å²) in [6, 6.07) is 4.42. The van der Waals surface area contributed by atoms with Crippen molar-refractivity contribution in [2.45, 2.75) is 12.7 Å². The molecule has 0 radical (unpaired) electrons. The Morgan fingerprint density at radius 1 is 1.41 bits per heavy atom. The second kappa shape index (κ2) is 5.24. The van der Waals surface area contributed by atoms with Crippen LogP contribution >= 0.6 is 0 Å². The van der Waals surface area contributed by atoms with Crippen LogP contribution in [-0.4, -0.2) is 25.6 Å². The van der Waals surface area contributed by atoms with E-state index < -0.39 is 14.8 Å². The molecule has 6 nitrogen and oxygen atoms in total. The van der Waals surface area contributed by atoms with Crippen LogP contribution < -0.4 is 5.73 Å². The smallest absolute Gasteiger partial charge is 0.272 e. The lowest BCUT2D eigenvalue weighted by molar-refractivity contribution is -0.385. The normalized spacial score (nSPS) is 11.4. The van der Waals surface area contributed by atoms with Gasteiger partial charge in [0.05, 0.1) is 16.4 Å². The van der Waals surface area contributed by atoms with Crippen molar-refractivity contribution < 1.29 is 13.3 Å².